The number of rotatable bonds is 6. The summed E-state index contributed by atoms with van der Waals surface area (Å²) in [6.07, 6.45) is -10.4. The van der Waals surface area contributed by atoms with E-state index in [1.54, 1.807) is 0 Å². The number of hydrogen-bond acceptors (Lipinski definition) is 5. The summed E-state index contributed by atoms with van der Waals surface area (Å²) in [6.45, 7) is 0. The largest absolute Gasteiger partial charge is 0.496 e. The van der Waals surface area contributed by atoms with Crippen LogP contribution in [0.15, 0.2) is 18.2 Å². The van der Waals surface area contributed by atoms with Crippen molar-refractivity contribution in [1.82, 2.24) is 0 Å². The molecule has 1 unspecified atom stereocenters. The van der Waals surface area contributed by atoms with E-state index >= 15 is 0 Å². The van der Waals surface area contributed by atoms with E-state index in [4.69, 9.17) is 17.1 Å². The van der Waals surface area contributed by atoms with Gasteiger partial charge in [-0.3, -0.25) is 4.55 Å². The maximum Gasteiger partial charge on any atom is 0.432 e. The van der Waals surface area contributed by atoms with Gasteiger partial charge in [0, 0.05) is 0 Å². The summed E-state index contributed by atoms with van der Waals surface area (Å²) in [4.78, 5) is 11.8. The molecular formula is C12H10BF5O6S. The fraction of sp³-hybridized carbons (Fsp3) is 0.417. The summed E-state index contributed by atoms with van der Waals surface area (Å²) in [5.74, 6) is -2.27. The van der Waals surface area contributed by atoms with Crippen LogP contribution in [0.3, 0.4) is 0 Å². The number of carbonyl (C=O) groups excluding carboxylic acids is 1. The van der Waals surface area contributed by atoms with Gasteiger partial charge in [0.15, 0.2) is 0 Å². The smallest absolute Gasteiger partial charge is 0.432 e. The molecule has 0 bridgehead atoms. The van der Waals surface area contributed by atoms with Crippen LogP contribution in [0.25, 0.3) is 0 Å². The Morgan fingerprint density at radius 1 is 1.28 bits per heavy atom. The molecule has 1 aromatic rings. The van der Waals surface area contributed by atoms with Gasteiger partial charge in [0.05, 0.1) is 15.0 Å². The zero-order valence-electron chi connectivity index (χ0n) is 12.4. The van der Waals surface area contributed by atoms with E-state index in [0.717, 1.165) is 19.2 Å². The minimum absolute atomic E-state index is 0.0162. The highest BCUT2D eigenvalue weighted by Gasteiger charge is 2.66. The molecule has 0 fully saturated rings. The van der Waals surface area contributed by atoms with Crippen LogP contribution in [-0.4, -0.2) is 51.4 Å². The summed E-state index contributed by atoms with van der Waals surface area (Å²) in [7, 11) is -0.147. The van der Waals surface area contributed by atoms with Gasteiger partial charge in [-0.2, -0.15) is 30.4 Å². The molecule has 0 aromatic heterocycles. The molecule has 138 valence electrons. The zero-order chi connectivity index (χ0) is 19.6. The van der Waals surface area contributed by atoms with Gasteiger partial charge in [0.1, 0.15) is 11.3 Å². The molecule has 0 saturated carbocycles. The van der Waals surface area contributed by atoms with Gasteiger partial charge in [-0.25, -0.2) is 4.79 Å². The van der Waals surface area contributed by atoms with Gasteiger partial charge in [0.2, 0.25) is 0 Å². The molecule has 2 radical (unpaired) electrons. The molecule has 1 N–H and O–H groups in total. The second-order valence-electron chi connectivity index (χ2n) is 4.60. The fourth-order valence-corrected chi connectivity index (χ4v) is 2.12. The van der Waals surface area contributed by atoms with Crippen LogP contribution in [-0.2, 0) is 21.2 Å². The Bertz CT molecular complexity index is 749. The predicted octanol–water partition coefficient (Wildman–Crippen LogP) is 1.93. The van der Waals surface area contributed by atoms with Crippen LogP contribution in [0.1, 0.15) is 15.9 Å². The van der Waals surface area contributed by atoms with Gasteiger partial charge in [-0.1, -0.05) is 17.9 Å². The van der Waals surface area contributed by atoms with E-state index in [2.05, 4.69) is 4.74 Å². The van der Waals surface area contributed by atoms with Crippen molar-refractivity contribution in [3.63, 3.8) is 0 Å². The van der Waals surface area contributed by atoms with Crippen LogP contribution in [0, 0.1) is 0 Å². The first kappa shape index (κ1) is 21.2. The SMILES string of the molecule is [B]Cc1ccc(C(=O)OC(C(F)(F)F)C(F)(F)S(=O)(=O)O)c(OC)c1. The average molecular weight is 388 g/mol. The Balaban J connectivity index is 3.30. The molecule has 0 aliphatic carbocycles. The van der Waals surface area contributed by atoms with E-state index in [1.165, 1.54) is 6.07 Å². The Labute approximate surface area is 140 Å². The number of benzene rings is 1. The molecule has 0 heterocycles. The van der Waals surface area contributed by atoms with Gasteiger partial charge in [-0.05, 0) is 12.1 Å². The normalized spacial score (nSPS) is 14.0. The van der Waals surface area contributed by atoms with Gasteiger partial charge < -0.3 is 9.47 Å². The molecule has 0 aliphatic rings. The Kier molecular flexibility index (Phi) is 6.06. The van der Waals surface area contributed by atoms with Crippen LogP contribution >= 0.6 is 0 Å². The van der Waals surface area contributed by atoms with Crippen LogP contribution in [0.5, 0.6) is 5.75 Å². The molecule has 0 spiro atoms. The summed E-state index contributed by atoms with van der Waals surface area (Å²) in [6, 6.07) is 3.26. The minimum atomic E-state index is -6.52. The summed E-state index contributed by atoms with van der Waals surface area (Å²) >= 11 is 0. The van der Waals surface area contributed by atoms with Crippen molar-refractivity contribution in [2.75, 3.05) is 7.11 Å². The molecule has 1 rings (SSSR count). The fourth-order valence-electron chi connectivity index (χ4n) is 1.66. The van der Waals surface area contributed by atoms with Crippen molar-refractivity contribution in [2.24, 2.45) is 0 Å². The van der Waals surface area contributed by atoms with Crippen LogP contribution in [0.4, 0.5) is 22.0 Å². The van der Waals surface area contributed by atoms with Gasteiger partial charge in [0.25, 0.3) is 6.10 Å². The molecule has 1 atom stereocenters. The number of esters is 1. The first-order chi connectivity index (χ1) is 11.3. The second kappa shape index (κ2) is 7.16. The van der Waals surface area contributed by atoms with Gasteiger partial charge in [-0.15, -0.1) is 0 Å². The number of ether oxygens (including phenoxy) is 2. The topological polar surface area (TPSA) is 89.9 Å². The standard InChI is InChI=1S/C12H10BF5O6S/c1-23-8-4-6(5-13)2-3-7(8)9(19)24-10(11(14,15)16)12(17,18)25(20,21)22/h2-4,10H,5H2,1H3,(H,20,21,22). The highest BCUT2D eigenvalue weighted by atomic mass is 32.2. The van der Waals surface area contributed by atoms with Crippen LogP contribution < -0.4 is 4.74 Å². The highest BCUT2D eigenvalue weighted by molar-refractivity contribution is 7.86. The van der Waals surface area contributed by atoms with Crippen molar-refractivity contribution in [2.45, 2.75) is 23.9 Å². The van der Waals surface area contributed by atoms with Crippen molar-refractivity contribution in [3.05, 3.63) is 29.3 Å². The third-order valence-electron chi connectivity index (χ3n) is 2.89. The zero-order valence-corrected chi connectivity index (χ0v) is 13.2. The Hall–Kier alpha value is -1.89. The van der Waals surface area contributed by atoms with E-state index in [0.29, 0.717) is 5.56 Å². The lowest BCUT2D eigenvalue weighted by Crippen LogP contribution is -2.52. The minimum Gasteiger partial charge on any atom is -0.496 e. The summed E-state index contributed by atoms with van der Waals surface area (Å²) in [5.41, 5.74) is -0.274. The number of hydrogen-bond donors (Lipinski definition) is 1. The first-order valence-corrected chi connectivity index (χ1v) is 7.69. The quantitative estimate of drug-likeness (QED) is 0.347. The van der Waals surface area contributed by atoms with E-state index in [1.807, 2.05) is 0 Å². The molecule has 13 heteroatoms. The summed E-state index contributed by atoms with van der Waals surface area (Å²) < 4.78 is 103. The molecule has 0 amide bonds. The van der Waals surface area contributed by atoms with E-state index in [9.17, 15) is 35.2 Å². The lowest BCUT2D eigenvalue weighted by atomic mass is 9.96. The molecule has 0 aliphatic heterocycles. The number of carbonyl (C=O) groups is 1. The van der Waals surface area contributed by atoms with Crippen molar-refractivity contribution in [3.8, 4) is 5.75 Å². The lowest BCUT2D eigenvalue weighted by Gasteiger charge is -2.26. The van der Waals surface area contributed by atoms with E-state index < -0.39 is 39.2 Å². The average Bonchev–Trinajstić information content (AvgIpc) is 2.49. The van der Waals surface area contributed by atoms with Crippen molar-refractivity contribution >= 4 is 23.9 Å². The first-order valence-electron chi connectivity index (χ1n) is 6.25. The molecular weight excluding hydrogens is 378 g/mol. The molecule has 25 heavy (non-hydrogen) atoms. The second-order valence-corrected chi connectivity index (χ2v) is 6.10. The maximum absolute atomic E-state index is 13.4. The monoisotopic (exact) mass is 388 g/mol. The van der Waals surface area contributed by atoms with Gasteiger partial charge >= 0.3 is 27.5 Å². The molecule has 1 aromatic carbocycles. The highest BCUT2D eigenvalue weighted by Crippen LogP contribution is 2.38. The third kappa shape index (κ3) is 4.60. The number of halogens is 5. The number of alkyl halides is 5. The lowest BCUT2D eigenvalue weighted by molar-refractivity contribution is -0.248. The van der Waals surface area contributed by atoms with Crippen LogP contribution in [0.2, 0.25) is 0 Å². The summed E-state index contributed by atoms with van der Waals surface area (Å²) in [5, 5.41) is -5.81. The Morgan fingerprint density at radius 3 is 2.24 bits per heavy atom. The molecule has 6 nitrogen and oxygen atoms in total. The van der Waals surface area contributed by atoms with E-state index in [-0.39, 0.29) is 12.1 Å². The predicted molar refractivity (Wildman–Crippen MR) is 74.2 cm³/mol. The maximum atomic E-state index is 13.4. The third-order valence-corrected chi connectivity index (χ3v) is 3.79. The van der Waals surface area contributed by atoms with Crippen molar-refractivity contribution < 1.29 is 49.2 Å². The molecule has 0 saturated heterocycles. The Morgan fingerprint density at radius 2 is 1.84 bits per heavy atom. The van der Waals surface area contributed by atoms with Crippen molar-refractivity contribution in [1.29, 1.82) is 0 Å². The number of methoxy groups -OCH3 is 1.